The molecule has 0 amide bonds. The molecule has 4 nitrogen and oxygen atoms in total. The average molecular weight is 378 g/mol. The smallest absolute Gasteiger partial charge is 0.219 e. The summed E-state index contributed by atoms with van der Waals surface area (Å²) in [6.07, 6.45) is 4.20. The molecule has 1 atom stereocenters. The number of rotatable bonds is 4. The van der Waals surface area contributed by atoms with Crippen LogP contribution in [0, 0.1) is 6.92 Å². The van der Waals surface area contributed by atoms with Gasteiger partial charge in [0.25, 0.3) is 0 Å². The van der Waals surface area contributed by atoms with Crippen molar-refractivity contribution < 1.29 is 8.42 Å². The Hall–Kier alpha value is -2.50. The second-order valence-corrected chi connectivity index (χ2v) is 8.91. The predicted molar refractivity (Wildman–Crippen MR) is 107 cm³/mol. The van der Waals surface area contributed by atoms with Gasteiger partial charge in [-0.1, -0.05) is 60.2 Å². The summed E-state index contributed by atoms with van der Waals surface area (Å²) in [5.74, 6) is 0.00616. The van der Waals surface area contributed by atoms with Crippen molar-refractivity contribution in [2.45, 2.75) is 25.1 Å². The number of aromatic nitrogens is 1. The van der Waals surface area contributed by atoms with E-state index in [1.165, 1.54) is 5.56 Å². The first-order chi connectivity index (χ1) is 13.0. The molecule has 2 aromatic carbocycles. The minimum atomic E-state index is -3.48. The fraction of sp³-hybridized carbons (Fsp3) is 0.227. The van der Waals surface area contributed by atoms with Crippen LogP contribution < -0.4 is 0 Å². The summed E-state index contributed by atoms with van der Waals surface area (Å²) in [6.45, 7) is 2.48. The van der Waals surface area contributed by atoms with Gasteiger partial charge >= 0.3 is 0 Å². The van der Waals surface area contributed by atoms with Crippen LogP contribution in [-0.2, 0) is 22.2 Å². The molecule has 1 aliphatic rings. The molecule has 1 aliphatic heterocycles. The maximum atomic E-state index is 13.3. The zero-order chi connectivity index (χ0) is 18.9. The number of aryl methyl sites for hydroxylation is 1. The van der Waals surface area contributed by atoms with Gasteiger partial charge in [-0.05, 0) is 41.7 Å². The van der Waals surface area contributed by atoms with Crippen LogP contribution in [0.2, 0.25) is 0 Å². The van der Waals surface area contributed by atoms with Crippen LogP contribution in [0.15, 0.2) is 73.1 Å². The lowest BCUT2D eigenvalue weighted by molar-refractivity contribution is 0.343. The molecule has 2 heterocycles. The largest absolute Gasteiger partial charge is 0.264 e. The summed E-state index contributed by atoms with van der Waals surface area (Å²) in [7, 11) is -3.48. The Kier molecular flexibility index (Phi) is 4.81. The second-order valence-electron chi connectivity index (χ2n) is 6.99. The minimum Gasteiger partial charge on any atom is -0.264 e. The zero-order valence-corrected chi connectivity index (χ0v) is 16.1. The number of sulfonamides is 1. The summed E-state index contributed by atoms with van der Waals surface area (Å²) in [4.78, 5) is 4.22. The van der Waals surface area contributed by atoms with E-state index in [1.54, 1.807) is 16.7 Å². The lowest BCUT2D eigenvalue weighted by Gasteiger charge is -2.36. The number of hydrogen-bond donors (Lipinski definition) is 0. The van der Waals surface area contributed by atoms with Crippen molar-refractivity contribution in [3.8, 4) is 0 Å². The van der Waals surface area contributed by atoms with Crippen LogP contribution >= 0.6 is 0 Å². The van der Waals surface area contributed by atoms with Crippen LogP contribution in [0.4, 0.5) is 0 Å². The molecule has 3 aromatic rings. The molecule has 4 rings (SSSR count). The molecule has 1 aromatic heterocycles. The number of hydrogen-bond acceptors (Lipinski definition) is 3. The average Bonchev–Trinajstić information content (AvgIpc) is 2.69. The third kappa shape index (κ3) is 3.66. The Morgan fingerprint density at radius 1 is 1.04 bits per heavy atom. The third-order valence-electron chi connectivity index (χ3n) is 5.07. The van der Waals surface area contributed by atoms with Gasteiger partial charge in [0.05, 0.1) is 11.8 Å². The normalized spacial score (nSPS) is 17.4. The quantitative estimate of drug-likeness (QED) is 0.692. The van der Waals surface area contributed by atoms with Gasteiger partial charge in [0.15, 0.2) is 0 Å². The van der Waals surface area contributed by atoms with Crippen molar-refractivity contribution >= 4 is 10.0 Å². The lowest BCUT2D eigenvalue weighted by Crippen LogP contribution is -2.41. The predicted octanol–water partition coefficient (Wildman–Crippen LogP) is 3.87. The van der Waals surface area contributed by atoms with Crippen molar-refractivity contribution in [3.05, 3.63) is 101 Å². The van der Waals surface area contributed by atoms with Crippen LogP contribution in [-0.4, -0.2) is 24.3 Å². The molecule has 0 aliphatic carbocycles. The van der Waals surface area contributed by atoms with E-state index in [0.717, 1.165) is 28.7 Å². The van der Waals surface area contributed by atoms with E-state index in [0.29, 0.717) is 6.54 Å². The molecule has 27 heavy (non-hydrogen) atoms. The van der Waals surface area contributed by atoms with Gasteiger partial charge in [-0.3, -0.25) is 4.98 Å². The fourth-order valence-electron chi connectivity index (χ4n) is 3.70. The first-order valence-electron chi connectivity index (χ1n) is 9.07. The van der Waals surface area contributed by atoms with E-state index in [4.69, 9.17) is 0 Å². The molecule has 0 spiro atoms. The summed E-state index contributed by atoms with van der Waals surface area (Å²) in [5, 5.41) is 0. The standard InChI is InChI=1S/C22H22N2O2S/c1-17-8-10-18(11-9-17)16-27(25,26)24-14-12-19-5-2-3-7-21(19)22(24)20-6-4-13-23-15-20/h2-11,13,15,22H,12,14,16H2,1H3. The summed E-state index contributed by atoms with van der Waals surface area (Å²) in [5.41, 5.74) is 5.08. The Morgan fingerprint density at radius 3 is 2.56 bits per heavy atom. The lowest BCUT2D eigenvalue weighted by atomic mass is 9.91. The summed E-state index contributed by atoms with van der Waals surface area (Å²) >= 11 is 0. The molecule has 0 saturated carbocycles. The van der Waals surface area contributed by atoms with Gasteiger partial charge in [0.2, 0.25) is 10.0 Å². The number of benzene rings is 2. The number of pyridine rings is 1. The Bertz CT molecular complexity index is 1030. The van der Waals surface area contributed by atoms with Gasteiger partial charge in [0.1, 0.15) is 0 Å². The maximum Gasteiger partial charge on any atom is 0.219 e. The molecule has 0 radical (unpaired) electrons. The molecular formula is C22H22N2O2S. The highest BCUT2D eigenvalue weighted by atomic mass is 32.2. The van der Waals surface area contributed by atoms with E-state index in [-0.39, 0.29) is 11.8 Å². The molecule has 0 saturated heterocycles. The number of fused-ring (bicyclic) bond motifs is 1. The Morgan fingerprint density at radius 2 is 1.81 bits per heavy atom. The zero-order valence-electron chi connectivity index (χ0n) is 15.2. The Balaban J connectivity index is 1.75. The molecule has 0 bridgehead atoms. The van der Waals surface area contributed by atoms with Crippen molar-refractivity contribution in [2.24, 2.45) is 0 Å². The van der Waals surface area contributed by atoms with Crippen molar-refractivity contribution in [1.29, 1.82) is 0 Å². The van der Waals surface area contributed by atoms with E-state index in [9.17, 15) is 8.42 Å². The van der Waals surface area contributed by atoms with E-state index in [1.807, 2.05) is 61.5 Å². The van der Waals surface area contributed by atoms with Crippen LogP contribution in [0.3, 0.4) is 0 Å². The van der Waals surface area contributed by atoms with Crippen molar-refractivity contribution in [2.75, 3.05) is 6.54 Å². The maximum absolute atomic E-state index is 13.3. The van der Waals surface area contributed by atoms with Crippen LogP contribution in [0.25, 0.3) is 0 Å². The van der Waals surface area contributed by atoms with Crippen molar-refractivity contribution in [1.82, 2.24) is 9.29 Å². The van der Waals surface area contributed by atoms with Gasteiger partial charge < -0.3 is 0 Å². The van der Waals surface area contributed by atoms with E-state index < -0.39 is 10.0 Å². The molecule has 0 fully saturated rings. The molecule has 1 unspecified atom stereocenters. The summed E-state index contributed by atoms with van der Waals surface area (Å²) < 4.78 is 28.3. The first kappa shape index (κ1) is 17.9. The highest BCUT2D eigenvalue weighted by molar-refractivity contribution is 7.88. The minimum absolute atomic E-state index is 0.00616. The topological polar surface area (TPSA) is 50.3 Å². The molecule has 5 heteroatoms. The second kappa shape index (κ2) is 7.25. The SMILES string of the molecule is Cc1ccc(CS(=O)(=O)N2CCc3ccccc3C2c2cccnc2)cc1. The molecular weight excluding hydrogens is 356 g/mol. The van der Waals surface area contributed by atoms with Crippen molar-refractivity contribution in [3.63, 3.8) is 0 Å². The summed E-state index contributed by atoms with van der Waals surface area (Å²) in [6, 6.07) is 19.3. The van der Waals surface area contributed by atoms with Gasteiger partial charge in [-0.15, -0.1) is 0 Å². The number of nitrogens with zero attached hydrogens (tertiary/aromatic N) is 2. The monoisotopic (exact) mass is 378 g/mol. The van der Waals surface area contributed by atoms with Gasteiger partial charge in [-0.25, -0.2) is 8.42 Å². The van der Waals surface area contributed by atoms with Gasteiger partial charge in [0, 0.05) is 18.9 Å². The molecule has 138 valence electrons. The van der Waals surface area contributed by atoms with Crippen LogP contribution in [0.5, 0.6) is 0 Å². The van der Waals surface area contributed by atoms with E-state index in [2.05, 4.69) is 11.1 Å². The third-order valence-corrected chi connectivity index (χ3v) is 6.87. The molecule has 0 N–H and O–H groups in total. The first-order valence-corrected chi connectivity index (χ1v) is 10.7. The fourth-order valence-corrected chi connectivity index (χ4v) is 5.41. The highest BCUT2D eigenvalue weighted by Crippen LogP contribution is 2.37. The van der Waals surface area contributed by atoms with Gasteiger partial charge in [-0.2, -0.15) is 4.31 Å². The Labute approximate surface area is 160 Å². The highest BCUT2D eigenvalue weighted by Gasteiger charge is 2.36. The van der Waals surface area contributed by atoms with Crippen LogP contribution in [0.1, 0.15) is 33.9 Å². The van der Waals surface area contributed by atoms with E-state index >= 15 is 0 Å².